The molecule has 5 atom stereocenters. The average molecular weight is 374 g/mol. The van der Waals surface area contributed by atoms with Gasteiger partial charge in [0.05, 0.1) is 6.61 Å². The van der Waals surface area contributed by atoms with Gasteiger partial charge in [0.25, 0.3) is 5.56 Å². The Hall–Kier alpha value is -2.74. The van der Waals surface area contributed by atoms with Crippen LogP contribution in [-0.2, 0) is 4.74 Å². The monoisotopic (exact) mass is 374 g/mol. The van der Waals surface area contributed by atoms with Crippen LogP contribution in [-0.4, -0.2) is 54.9 Å². The minimum absolute atomic E-state index is 0.137. The van der Waals surface area contributed by atoms with Crippen molar-refractivity contribution in [2.45, 2.75) is 30.6 Å². The van der Waals surface area contributed by atoms with Crippen LogP contribution in [0.3, 0.4) is 0 Å². The molecule has 1 unspecified atom stereocenters. The molecule has 0 saturated carbocycles. The normalized spacial score (nSPS) is 25.6. The Morgan fingerprint density at radius 2 is 1.89 bits per heavy atom. The summed E-state index contributed by atoms with van der Waals surface area (Å²) in [5, 5.41) is 39.1. The van der Waals surface area contributed by atoms with Crippen molar-refractivity contribution in [3.05, 3.63) is 68.5 Å². The molecular formula is C18H18N2O7. The van der Waals surface area contributed by atoms with Crippen LogP contribution < -0.4 is 11.2 Å². The number of aromatic amines is 1. The second kappa shape index (κ2) is 7.87. The molecule has 0 radical (unpaired) electrons. The SMILES string of the molecule is O=c1[nH]c(=O)n([C@@H]2O[C@H](CO)[C@@H](O)[C@H]2O)cc1C#CC(O)c1ccccc1. The third-order valence-corrected chi connectivity index (χ3v) is 4.22. The van der Waals surface area contributed by atoms with E-state index >= 15 is 0 Å². The number of hydrogen-bond donors (Lipinski definition) is 5. The summed E-state index contributed by atoms with van der Waals surface area (Å²) in [5.41, 5.74) is -1.24. The summed E-state index contributed by atoms with van der Waals surface area (Å²) in [7, 11) is 0. The van der Waals surface area contributed by atoms with Crippen molar-refractivity contribution in [1.82, 2.24) is 9.55 Å². The van der Waals surface area contributed by atoms with Gasteiger partial charge in [0, 0.05) is 6.20 Å². The zero-order valence-corrected chi connectivity index (χ0v) is 14.0. The molecule has 0 aliphatic carbocycles. The number of rotatable bonds is 3. The van der Waals surface area contributed by atoms with Gasteiger partial charge in [-0.1, -0.05) is 42.2 Å². The lowest BCUT2D eigenvalue weighted by atomic mass is 10.1. The summed E-state index contributed by atoms with van der Waals surface area (Å²) in [5.74, 6) is 5.01. The van der Waals surface area contributed by atoms with E-state index in [9.17, 15) is 24.9 Å². The van der Waals surface area contributed by atoms with Gasteiger partial charge in [0.2, 0.25) is 0 Å². The minimum Gasteiger partial charge on any atom is -0.394 e. The van der Waals surface area contributed by atoms with Crippen LogP contribution >= 0.6 is 0 Å². The number of nitrogens with zero attached hydrogens (tertiary/aromatic N) is 1. The number of aromatic nitrogens is 2. The van der Waals surface area contributed by atoms with Gasteiger partial charge in [0.15, 0.2) is 6.23 Å². The van der Waals surface area contributed by atoms with Crippen molar-refractivity contribution in [2.24, 2.45) is 0 Å². The van der Waals surface area contributed by atoms with Crippen molar-refractivity contribution in [1.29, 1.82) is 0 Å². The quantitative estimate of drug-likeness (QED) is 0.400. The lowest BCUT2D eigenvalue weighted by molar-refractivity contribution is -0.0550. The third-order valence-electron chi connectivity index (χ3n) is 4.22. The Labute approximate surface area is 153 Å². The second-order valence-electron chi connectivity index (χ2n) is 6.02. The fraction of sp³-hybridized carbons (Fsp3) is 0.333. The van der Waals surface area contributed by atoms with Crippen LogP contribution in [0.1, 0.15) is 23.5 Å². The molecule has 1 aromatic carbocycles. The molecule has 2 heterocycles. The zero-order chi connectivity index (χ0) is 19.6. The molecule has 5 N–H and O–H groups in total. The van der Waals surface area contributed by atoms with Crippen LogP contribution in [0.25, 0.3) is 0 Å². The molecule has 1 aromatic heterocycles. The summed E-state index contributed by atoms with van der Waals surface area (Å²) in [6.45, 7) is -0.553. The van der Waals surface area contributed by atoms with Crippen molar-refractivity contribution < 1.29 is 25.2 Å². The largest absolute Gasteiger partial charge is 0.394 e. The average Bonchev–Trinajstić information content (AvgIpc) is 2.96. The maximum atomic E-state index is 12.1. The molecule has 142 valence electrons. The van der Waals surface area contributed by atoms with E-state index in [1.807, 2.05) is 4.98 Å². The topological polar surface area (TPSA) is 145 Å². The number of ether oxygens (including phenoxy) is 1. The van der Waals surface area contributed by atoms with Gasteiger partial charge in [-0.3, -0.25) is 14.3 Å². The van der Waals surface area contributed by atoms with Crippen molar-refractivity contribution in [3.63, 3.8) is 0 Å². The van der Waals surface area contributed by atoms with Crippen molar-refractivity contribution in [3.8, 4) is 11.8 Å². The molecule has 2 aromatic rings. The maximum absolute atomic E-state index is 12.1. The summed E-state index contributed by atoms with van der Waals surface area (Å²) in [4.78, 5) is 26.1. The summed E-state index contributed by atoms with van der Waals surface area (Å²) in [6, 6.07) is 8.59. The highest BCUT2D eigenvalue weighted by atomic mass is 16.6. The van der Waals surface area contributed by atoms with E-state index < -0.39 is 48.5 Å². The second-order valence-corrected chi connectivity index (χ2v) is 6.02. The number of nitrogens with one attached hydrogen (secondary N) is 1. The smallest absolute Gasteiger partial charge is 0.330 e. The third kappa shape index (κ3) is 3.85. The predicted molar refractivity (Wildman–Crippen MR) is 92.6 cm³/mol. The molecule has 1 fully saturated rings. The standard InChI is InChI=1S/C18H18N2O7/c21-9-13-14(23)15(24)17(27-13)20-8-11(16(25)19-18(20)26)6-7-12(22)10-4-2-1-3-5-10/h1-5,8,12-15,17,21-24H,9H2,(H,19,25,26)/t12?,13-,14-,15-,17-/m1/s1. The predicted octanol–water partition coefficient (Wildman–Crippen LogP) is -1.77. The van der Waals surface area contributed by atoms with E-state index in [2.05, 4.69) is 11.8 Å². The fourth-order valence-corrected chi connectivity index (χ4v) is 2.74. The van der Waals surface area contributed by atoms with Crippen LogP contribution in [0, 0.1) is 11.8 Å². The highest BCUT2D eigenvalue weighted by molar-refractivity contribution is 5.34. The number of H-pyrrole nitrogens is 1. The fourth-order valence-electron chi connectivity index (χ4n) is 2.74. The van der Waals surface area contributed by atoms with Gasteiger partial charge in [-0.15, -0.1) is 0 Å². The lowest BCUT2D eigenvalue weighted by Gasteiger charge is -2.17. The van der Waals surface area contributed by atoms with Crippen LogP contribution in [0.4, 0.5) is 0 Å². The maximum Gasteiger partial charge on any atom is 0.330 e. The molecule has 1 aliphatic heterocycles. The van der Waals surface area contributed by atoms with Crippen molar-refractivity contribution in [2.75, 3.05) is 6.61 Å². The lowest BCUT2D eigenvalue weighted by Crippen LogP contribution is -2.38. The Morgan fingerprint density at radius 1 is 1.19 bits per heavy atom. The summed E-state index contributed by atoms with van der Waals surface area (Å²) in [6.07, 6.45) is -5.32. The highest BCUT2D eigenvalue weighted by Gasteiger charge is 2.43. The Balaban J connectivity index is 1.93. The van der Waals surface area contributed by atoms with Gasteiger partial charge < -0.3 is 25.2 Å². The van der Waals surface area contributed by atoms with Crippen LogP contribution in [0.2, 0.25) is 0 Å². The van der Waals surface area contributed by atoms with E-state index in [-0.39, 0.29) is 5.56 Å². The Kier molecular flexibility index (Phi) is 5.55. The first-order valence-corrected chi connectivity index (χ1v) is 8.15. The molecular weight excluding hydrogens is 356 g/mol. The molecule has 9 nitrogen and oxygen atoms in total. The first-order chi connectivity index (χ1) is 12.9. The number of aliphatic hydroxyl groups is 4. The van der Waals surface area contributed by atoms with E-state index in [0.717, 1.165) is 10.8 Å². The Morgan fingerprint density at radius 3 is 2.52 bits per heavy atom. The van der Waals surface area contributed by atoms with Gasteiger partial charge >= 0.3 is 5.69 Å². The van der Waals surface area contributed by atoms with Crippen LogP contribution in [0.5, 0.6) is 0 Å². The highest BCUT2D eigenvalue weighted by Crippen LogP contribution is 2.27. The van der Waals surface area contributed by atoms with Gasteiger partial charge in [0.1, 0.15) is 30.0 Å². The summed E-state index contributed by atoms with van der Waals surface area (Å²) >= 11 is 0. The van der Waals surface area contributed by atoms with Gasteiger partial charge in [-0.25, -0.2) is 4.79 Å². The molecule has 1 saturated heterocycles. The van der Waals surface area contributed by atoms with Gasteiger partial charge in [-0.05, 0) is 5.56 Å². The molecule has 3 rings (SSSR count). The van der Waals surface area contributed by atoms with Crippen LogP contribution in [0.15, 0.2) is 46.1 Å². The molecule has 9 heteroatoms. The molecule has 0 amide bonds. The number of hydrogen-bond acceptors (Lipinski definition) is 7. The summed E-state index contributed by atoms with van der Waals surface area (Å²) < 4.78 is 6.16. The van der Waals surface area contributed by atoms with E-state index in [1.54, 1.807) is 30.3 Å². The first kappa shape index (κ1) is 19.0. The van der Waals surface area contributed by atoms with E-state index in [1.165, 1.54) is 0 Å². The minimum atomic E-state index is -1.48. The van der Waals surface area contributed by atoms with Crippen molar-refractivity contribution >= 4 is 0 Å². The molecule has 0 spiro atoms. The molecule has 0 bridgehead atoms. The molecule has 27 heavy (non-hydrogen) atoms. The number of benzene rings is 1. The zero-order valence-electron chi connectivity index (χ0n) is 14.0. The van der Waals surface area contributed by atoms with E-state index in [4.69, 9.17) is 9.84 Å². The van der Waals surface area contributed by atoms with E-state index in [0.29, 0.717) is 5.56 Å². The molecule has 1 aliphatic rings. The number of aliphatic hydroxyl groups excluding tert-OH is 4. The van der Waals surface area contributed by atoms with Gasteiger partial charge in [-0.2, -0.15) is 0 Å². The first-order valence-electron chi connectivity index (χ1n) is 8.15. The Bertz CT molecular complexity index is 973.